The van der Waals surface area contributed by atoms with Gasteiger partial charge in [-0.3, -0.25) is 9.69 Å². The number of urea groups is 1. The average molecular weight is 450 g/mol. The predicted octanol–water partition coefficient (Wildman–Crippen LogP) is 3.57. The third-order valence-corrected chi connectivity index (χ3v) is 7.38. The molecule has 3 aliphatic heterocycles. The normalized spacial score (nSPS) is 23.2. The first-order valence-corrected chi connectivity index (χ1v) is 11.9. The molecule has 0 aliphatic carbocycles. The third-order valence-electron chi connectivity index (χ3n) is 7.38. The van der Waals surface area contributed by atoms with E-state index < -0.39 is 5.54 Å². The average Bonchev–Trinajstić information content (AvgIpc) is 3.42. The largest absolute Gasteiger partial charge is 0.454 e. The molecule has 3 heterocycles. The summed E-state index contributed by atoms with van der Waals surface area (Å²) in [4.78, 5) is 30.3. The highest BCUT2D eigenvalue weighted by atomic mass is 16.7. The summed E-state index contributed by atoms with van der Waals surface area (Å²) in [7, 11) is 0. The van der Waals surface area contributed by atoms with Crippen LogP contribution in [-0.2, 0) is 17.8 Å². The Labute approximate surface area is 194 Å². The highest BCUT2D eigenvalue weighted by Crippen LogP contribution is 2.38. The van der Waals surface area contributed by atoms with E-state index in [4.69, 9.17) is 9.47 Å². The van der Waals surface area contributed by atoms with Gasteiger partial charge >= 0.3 is 6.03 Å². The molecule has 0 aromatic heterocycles. The summed E-state index contributed by atoms with van der Waals surface area (Å²) < 4.78 is 10.8. The molecule has 1 N–H and O–H groups in total. The van der Waals surface area contributed by atoms with Crippen molar-refractivity contribution in [2.45, 2.75) is 44.7 Å². The zero-order valence-electron chi connectivity index (χ0n) is 19.1. The van der Waals surface area contributed by atoms with E-state index in [-0.39, 0.29) is 31.2 Å². The topological polar surface area (TPSA) is 71.1 Å². The second-order valence-electron chi connectivity index (χ2n) is 9.19. The van der Waals surface area contributed by atoms with Gasteiger partial charge in [-0.25, -0.2) is 4.79 Å². The Morgan fingerprint density at radius 3 is 2.52 bits per heavy atom. The first kappa shape index (κ1) is 21.8. The lowest BCUT2D eigenvalue weighted by Gasteiger charge is -2.40. The molecule has 7 heteroatoms. The predicted molar refractivity (Wildman–Crippen MR) is 124 cm³/mol. The Hall–Kier alpha value is -3.06. The lowest BCUT2D eigenvalue weighted by Crippen LogP contribution is -2.55. The summed E-state index contributed by atoms with van der Waals surface area (Å²) in [5, 5.41) is 3.09. The van der Waals surface area contributed by atoms with Crippen molar-refractivity contribution in [2.75, 3.05) is 26.4 Å². The number of likely N-dealkylation sites (tertiary alicyclic amines) is 1. The van der Waals surface area contributed by atoms with Crippen LogP contribution in [0.1, 0.15) is 37.3 Å². The number of amides is 3. The number of piperidine rings is 1. The molecule has 2 saturated heterocycles. The number of fused-ring (bicyclic) bond motifs is 1. The number of carbonyl (C=O) groups excluding carboxylic acids is 2. The lowest BCUT2D eigenvalue weighted by atomic mass is 9.75. The van der Waals surface area contributed by atoms with Crippen molar-refractivity contribution < 1.29 is 19.1 Å². The maximum Gasteiger partial charge on any atom is 0.325 e. The monoisotopic (exact) mass is 449 g/mol. The molecule has 0 radical (unpaired) electrons. The number of hydrogen-bond donors (Lipinski definition) is 1. The number of carbonyl (C=O) groups is 2. The Balaban J connectivity index is 1.22. The molecule has 2 aromatic rings. The summed E-state index contributed by atoms with van der Waals surface area (Å²) in [5.41, 5.74) is 1.39. The van der Waals surface area contributed by atoms with Gasteiger partial charge in [-0.05, 0) is 68.0 Å². The van der Waals surface area contributed by atoms with Crippen LogP contribution in [0.4, 0.5) is 4.79 Å². The van der Waals surface area contributed by atoms with Crippen molar-refractivity contribution in [2.24, 2.45) is 5.92 Å². The molecule has 3 amide bonds. The SMILES string of the molecule is CCC1(C2CCN(CCc3ccccc3)CC2)NC(=O)N(Cc2ccc3c(c2)OCO3)C1=O. The van der Waals surface area contributed by atoms with Crippen LogP contribution < -0.4 is 14.8 Å². The van der Waals surface area contributed by atoms with Gasteiger partial charge < -0.3 is 19.7 Å². The minimum Gasteiger partial charge on any atom is -0.454 e. The second-order valence-corrected chi connectivity index (χ2v) is 9.19. The zero-order chi connectivity index (χ0) is 22.8. The fourth-order valence-corrected chi connectivity index (χ4v) is 5.40. The molecule has 3 aliphatic rings. The zero-order valence-corrected chi connectivity index (χ0v) is 19.1. The number of nitrogens with zero attached hydrogens (tertiary/aromatic N) is 2. The van der Waals surface area contributed by atoms with E-state index in [1.165, 1.54) is 10.5 Å². The highest BCUT2D eigenvalue weighted by molar-refractivity contribution is 6.07. The molecule has 0 saturated carbocycles. The Morgan fingerprint density at radius 2 is 1.76 bits per heavy atom. The van der Waals surface area contributed by atoms with Crippen molar-refractivity contribution in [3.8, 4) is 11.5 Å². The maximum absolute atomic E-state index is 13.6. The molecule has 174 valence electrons. The third kappa shape index (κ3) is 4.17. The van der Waals surface area contributed by atoms with Crippen LogP contribution >= 0.6 is 0 Å². The number of ether oxygens (including phenoxy) is 2. The minimum absolute atomic E-state index is 0.101. The number of hydrogen-bond acceptors (Lipinski definition) is 5. The van der Waals surface area contributed by atoms with Gasteiger partial charge in [0.2, 0.25) is 6.79 Å². The number of benzene rings is 2. The van der Waals surface area contributed by atoms with E-state index in [2.05, 4.69) is 34.5 Å². The molecule has 0 spiro atoms. The van der Waals surface area contributed by atoms with Gasteiger partial charge in [0.25, 0.3) is 5.91 Å². The molecule has 2 fully saturated rings. The van der Waals surface area contributed by atoms with Gasteiger partial charge in [0.1, 0.15) is 5.54 Å². The summed E-state index contributed by atoms with van der Waals surface area (Å²) in [5.74, 6) is 1.39. The smallest absolute Gasteiger partial charge is 0.325 e. The van der Waals surface area contributed by atoms with Crippen LogP contribution in [-0.4, -0.2) is 53.7 Å². The molecule has 1 unspecified atom stereocenters. The van der Waals surface area contributed by atoms with E-state index >= 15 is 0 Å². The van der Waals surface area contributed by atoms with Crippen LogP contribution in [0.25, 0.3) is 0 Å². The van der Waals surface area contributed by atoms with Crippen molar-refractivity contribution in [1.82, 2.24) is 15.1 Å². The molecule has 33 heavy (non-hydrogen) atoms. The number of imide groups is 1. The highest BCUT2D eigenvalue weighted by Gasteiger charge is 2.54. The van der Waals surface area contributed by atoms with Crippen LogP contribution in [0, 0.1) is 5.92 Å². The van der Waals surface area contributed by atoms with Crippen molar-refractivity contribution in [3.05, 3.63) is 59.7 Å². The number of nitrogens with one attached hydrogen (secondary N) is 1. The van der Waals surface area contributed by atoms with Gasteiger partial charge in [0.05, 0.1) is 6.54 Å². The quantitative estimate of drug-likeness (QED) is 0.655. The Kier molecular flexibility index (Phi) is 5.98. The van der Waals surface area contributed by atoms with Crippen LogP contribution in [0.15, 0.2) is 48.5 Å². The summed E-state index contributed by atoms with van der Waals surface area (Å²) in [6.45, 7) is 5.36. The Morgan fingerprint density at radius 1 is 1.00 bits per heavy atom. The van der Waals surface area contributed by atoms with Crippen LogP contribution in [0.3, 0.4) is 0 Å². The van der Waals surface area contributed by atoms with Crippen molar-refractivity contribution in [3.63, 3.8) is 0 Å². The number of rotatable bonds is 7. The van der Waals surface area contributed by atoms with Crippen molar-refractivity contribution >= 4 is 11.9 Å². The van der Waals surface area contributed by atoms with E-state index in [1.54, 1.807) is 0 Å². The molecule has 1 atom stereocenters. The first-order valence-electron chi connectivity index (χ1n) is 11.9. The molecular weight excluding hydrogens is 418 g/mol. The summed E-state index contributed by atoms with van der Waals surface area (Å²) in [6.07, 6.45) is 3.45. The van der Waals surface area contributed by atoms with E-state index in [0.717, 1.165) is 44.5 Å². The molecule has 5 rings (SSSR count). The molecule has 7 nitrogen and oxygen atoms in total. The van der Waals surface area contributed by atoms with Gasteiger partial charge in [0, 0.05) is 6.54 Å². The van der Waals surface area contributed by atoms with Gasteiger partial charge in [0.15, 0.2) is 11.5 Å². The van der Waals surface area contributed by atoms with Gasteiger partial charge in [-0.1, -0.05) is 43.3 Å². The van der Waals surface area contributed by atoms with Crippen LogP contribution in [0.2, 0.25) is 0 Å². The summed E-state index contributed by atoms with van der Waals surface area (Å²) in [6, 6.07) is 15.8. The summed E-state index contributed by atoms with van der Waals surface area (Å²) >= 11 is 0. The van der Waals surface area contributed by atoms with E-state index in [0.29, 0.717) is 17.9 Å². The fourth-order valence-electron chi connectivity index (χ4n) is 5.40. The lowest BCUT2D eigenvalue weighted by molar-refractivity contribution is -0.134. The van der Waals surface area contributed by atoms with Gasteiger partial charge in [-0.2, -0.15) is 0 Å². The van der Waals surface area contributed by atoms with Gasteiger partial charge in [-0.15, -0.1) is 0 Å². The Bertz CT molecular complexity index is 1020. The standard InChI is InChI=1S/C26H31N3O4/c1-2-26(21-11-14-28(15-12-21)13-10-19-6-4-3-5-7-19)24(30)29(25(31)27-26)17-20-8-9-22-23(16-20)33-18-32-22/h3-9,16,21H,2,10-15,17-18H2,1H3,(H,27,31). The maximum atomic E-state index is 13.6. The first-order chi connectivity index (χ1) is 16.1. The van der Waals surface area contributed by atoms with Crippen LogP contribution in [0.5, 0.6) is 11.5 Å². The minimum atomic E-state index is -0.807. The second kappa shape index (κ2) is 9.06. The van der Waals surface area contributed by atoms with Crippen molar-refractivity contribution in [1.29, 1.82) is 0 Å². The van der Waals surface area contributed by atoms with E-state index in [1.807, 2.05) is 31.2 Å². The molecular formula is C26H31N3O4. The van der Waals surface area contributed by atoms with E-state index in [9.17, 15) is 9.59 Å². The molecule has 0 bridgehead atoms. The molecule has 2 aromatic carbocycles. The fraction of sp³-hybridized carbons (Fsp3) is 0.462.